The molecular formula is C21H18FNO4S. The number of Topliss-reactive ketones (excluding diaryl/α,β-unsaturated/α-hetero) is 1. The Balaban J connectivity index is 1.47. The second kappa shape index (κ2) is 7.39. The normalized spacial score (nSPS) is 23.5. The van der Waals surface area contributed by atoms with Gasteiger partial charge in [-0.25, -0.2) is 9.18 Å². The fourth-order valence-corrected chi connectivity index (χ4v) is 5.40. The molecule has 2 aromatic carbocycles. The fourth-order valence-electron chi connectivity index (χ4n) is 3.77. The van der Waals surface area contributed by atoms with Crippen LogP contribution in [-0.2, 0) is 19.2 Å². The highest BCUT2D eigenvalue weighted by Gasteiger charge is 2.57. The van der Waals surface area contributed by atoms with Gasteiger partial charge in [0, 0.05) is 17.7 Å². The predicted octanol–water partition coefficient (Wildman–Crippen LogP) is 3.14. The Kier molecular flexibility index (Phi) is 4.93. The van der Waals surface area contributed by atoms with E-state index in [0.29, 0.717) is 18.6 Å². The molecule has 4 rings (SSSR count). The smallest absolute Gasteiger partial charge is 0.330 e. The average molecular weight is 399 g/mol. The van der Waals surface area contributed by atoms with Crippen molar-refractivity contribution < 1.29 is 23.5 Å². The number of halogens is 1. The summed E-state index contributed by atoms with van der Waals surface area (Å²) in [5, 5.41) is 0. The number of nitrogens with zero attached hydrogens (tertiary/aromatic N) is 1. The first-order chi connectivity index (χ1) is 13.5. The van der Waals surface area contributed by atoms with Gasteiger partial charge in [0.25, 0.3) is 0 Å². The lowest BCUT2D eigenvalue weighted by Gasteiger charge is -2.33. The number of hydrogen-bond acceptors (Lipinski definition) is 5. The quantitative estimate of drug-likeness (QED) is 0.571. The second-order valence-electron chi connectivity index (χ2n) is 6.78. The van der Waals surface area contributed by atoms with Gasteiger partial charge in [0.1, 0.15) is 16.7 Å². The third kappa shape index (κ3) is 3.20. The molecule has 2 aliphatic rings. The van der Waals surface area contributed by atoms with Crippen LogP contribution in [-0.4, -0.2) is 41.0 Å². The van der Waals surface area contributed by atoms with E-state index < -0.39 is 35.1 Å². The molecule has 0 N–H and O–H groups in total. The number of esters is 1. The maximum atomic E-state index is 13.0. The number of ketones is 1. The van der Waals surface area contributed by atoms with E-state index in [1.54, 1.807) is 16.7 Å². The summed E-state index contributed by atoms with van der Waals surface area (Å²) in [6, 6.07) is 14.0. The van der Waals surface area contributed by atoms with Crippen molar-refractivity contribution in [1.82, 2.24) is 4.90 Å². The summed E-state index contributed by atoms with van der Waals surface area (Å²) in [4.78, 5) is 38.4. The van der Waals surface area contributed by atoms with E-state index in [1.165, 1.54) is 24.3 Å². The first-order valence-electron chi connectivity index (χ1n) is 8.98. The molecule has 0 bridgehead atoms. The van der Waals surface area contributed by atoms with Crippen LogP contribution in [0, 0.1) is 5.82 Å². The van der Waals surface area contributed by atoms with Gasteiger partial charge in [-0.1, -0.05) is 30.3 Å². The van der Waals surface area contributed by atoms with Crippen molar-refractivity contribution >= 4 is 29.4 Å². The van der Waals surface area contributed by atoms with E-state index in [9.17, 15) is 18.8 Å². The molecule has 0 spiro atoms. The molecule has 0 aliphatic carbocycles. The Bertz CT molecular complexity index is 918. The van der Waals surface area contributed by atoms with E-state index in [-0.39, 0.29) is 11.5 Å². The van der Waals surface area contributed by atoms with Crippen LogP contribution < -0.4 is 0 Å². The Hall–Kier alpha value is -2.67. The zero-order valence-corrected chi connectivity index (χ0v) is 15.8. The van der Waals surface area contributed by atoms with Crippen LogP contribution in [0.3, 0.4) is 0 Å². The Morgan fingerprint density at radius 1 is 1.14 bits per heavy atom. The molecule has 0 unspecified atom stereocenters. The molecule has 0 aromatic heterocycles. The van der Waals surface area contributed by atoms with Crippen molar-refractivity contribution in [3.63, 3.8) is 0 Å². The predicted molar refractivity (Wildman–Crippen MR) is 102 cm³/mol. The molecule has 1 amide bonds. The van der Waals surface area contributed by atoms with Gasteiger partial charge in [-0.3, -0.25) is 9.59 Å². The van der Waals surface area contributed by atoms with Crippen LogP contribution in [0.2, 0.25) is 0 Å². The summed E-state index contributed by atoms with van der Waals surface area (Å²) >= 11 is 1.56. The molecule has 2 aromatic rings. The van der Waals surface area contributed by atoms with E-state index in [4.69, 9.17) is 4.74 Å². The highest BCUT2D eigenvalue weighted by molar-refractivity contribution is 8.00. The van der Waals surface area contributed by atoms with Gasteiger partial charge in [-0.15, -0.1) is 11.8 Å². The maximum absolute atomic E-state index is 13.0. The highest BCUT2D eigenvalue weighted by Crippen LogP contribution is 2.54. The first kappa shape index (κ1) is 18.7. The number of rotatable bonds is 5. The zero-order chi connectivity index (χ0) is 19.7. The first-order valence-corrected chi connectivity index (χ1v) is 9.97. The lowest BCUT2D eigenvalue weighted by atomic mass is 10.0. The Labute approximate surface area is 165 Å². The topological polar surface area (TPSA) is 63.7 Å². The zero-order valence-electron chi connectivity index (χ0n) is 15.0. The van der Waals surface area contributed by atoms with Crippen molar-refractivity contribution in [3.05, 3.63) is 71.5 Å². The standard InChI is InChI=1S/C21H18FNO4S/c22-16-8-6-14(7-9-16)18(24)12-27-20(26)17-13-28-21(11-10-19(25)23(17)21)15-4-2-1-3-5-15/h1-9,17H,10-13H2/t17-,21+/m1/s1. The van der Waals surface area contributed by atoms with Gasteiger partial charge in [0.15, 0.2) is 12.4 Å². The van der Waals surface area contributed by atoms with Gasteiger partial charge in [0.2, 0.25) is 5.91 Å². The van der Waals surface area contributed by atoms with Crippen LogP contribution in [0.4, 0.5) is 4.39 Å². The molecule has 2 fully saturated rings. The Morgan fingerprint density at radius 3 is 2.57 bits per heavy atom. The Morgan fingerprint density at radius 2 is 1.86 bits per heavy atom. The molecule has 2 aliphatic heterocycles. The summed E-state index contributed by atoms with van der Waals surface area (Å²) in [7, 11) is 0. The van der Waals surface area contributed by atoms with Gasteiger partial charge in [-0.05, 0) is 36.2 Å². The third-order valence-electron chi connectivity index (χ3n) is 5.14. The van der Waals surface area contributed by atoms with Crippen LogP contribution >= 0.6 is 11.8 Å². The van der Waals surface area contributed by atoms with Crippen molar-refractivity contribution in [2.75, 3.05) is 12.4 Å². The number of fused-ring (bicyclic) bond motifs is 1. The monoisotopic (exact) mass is 399 g/mol. The van der Waals surface area contributed by atoms with E-state index in [1.807, 2.05) is 30.3 Å². The highest BCUT2D eigenvalue weighted by atomic mass is 32.2. The maximum Gasteiger partial charge on any atom is 0.330 e. The van der Waals surface area contributed by atoms with Crippen LogP contribution in [0.15, 0.2) is 54.6 Å². The SMILES string of the molecule is O=C(COC(=O)[C@H]1CS[C@]2(c3ccccc3)CCC(=O)N12)c1ccc(F)cc1. The van der Waals surface area contributed by atoms with Crippen molar-refractivity contribution in [2.24, 2.45) is 0 Å². The third-order valence-corrected chi connectivity index (χ3v) is 6.73. The van der Waals surface area contributed by atoms with Crippen molar-refractivity contribution in [3.8, 4) is 0 Å². The number of ether oxygens (including phenoxy) is 1. The van der Waals surface area contributed by atoms with E-state index in [2.05, 4.69) is 0 Å². The molecule has 7 heteroatoms. The minimum atomic E-state index is -0.721. The van der Waals surface area contributed by atoms with E-state index >= 15 is 0 Å². The van der Waals surface area contributed by atoms with Gasteiger partial charge in [-0.2, -0.15) is 0 Å². The number of hydrogen-bond donors (Lipinski definition) is 0. The van der Waals surface area contributed by atoms with Crippen molar-refractivity contribution in [1.29, 1.82) is 0 Å². The number of amides is 1. The number of carbonyl (C=O) groups is 3. The molecule has 0 saturated carbocycles. The van der Waals surface area contributed by atoms with Gasteiger partial charge >= 0.3 is 5.97 Å². The second-order valence-corrected chi connectivity index (χ2v) is 8.08. The lowest BCUT2D eigenvalue weighted by molar-refractivity contribution is -0.152. The molecule has 144 valence electrons. The molecule has 5 nitrogen and oxygen atoms in total. The minimum absolute atomic E-state index is 0.0827. The van der Waals surface area contributed by atoms with Gasteiger partial charge in [0.05, 0.1) is 0 Å². The van der Waals surface area contributed by atoms with E-state index in [0.717, 1.165) is 5.56 Å². The summed E-state index contributed by atoms with van der Waals surface area (Å²) in [6.45, 7) is -0.438. The van der Waals surface area contributed by atoms with Crippen LogP contribution in [0.5, 0.6) is 0 Å². The number of carbonyl (C=O) groups excluding carboxylic acids is 3. The number of thioether (sulfide) groups is 1. The summed E-state index contributed by atoms with van der Waals surface area (Å²) in [6.07, 6.45) is 1.01. The molecule has 2 saturated heterocycles. The van der Waals surface area contributed by atoms with Crippen molar-refractivity contribution in [2.45, 2.75) is 23.8 Å². The van der Waals surface area contributed by atoms with Crippen LogP contribution in [0.25, 0.3) is 0 Å². The number of benzene rings is 2. The summed E-state index contributed by atoms with van der Waals surface area (Å²) in [5.41, 5.74) is 1.26. The molecule has 2 atom stereocenters. The molecule has 0 radical (unpaired) electrons. The summed E-state index contributed by atoms with van der Waals surface area (Å²) < 4.78 is 18.2. The van der Waals surface area contributed by atoms with Crippen LogP contribution in [0.1, 0.15) is 28.8 Å². The molecule has 28 heavy (non-hydrogen) atoms. The van der Waals surface area contributed by atoms with Gasteiger partial charge < -0.3 is 9.64 Å². The average Bonchev–Trinajstić information content (AvgIpc) is 3.26. The fraction of sp³-hybridized carbons (Fsp3) is 0.286. The minimum Gasteiger partial charge on any atom is -0.456 e. The lowest BCUT2D eigenvalue weighted by Crippen LogP contribution is -2.47. The summed E-state index contributed by atoms with van der Waals surface area (Å²) in [5.74, 6) is -1.11. The largest absolute Gasteiger partial charge is 0.456 e. The molecule has 2 heterocycles. The molecular weight excluding hydrogens is 381 g/mol.